The van der Waals surface area contributed by atoms with Gasteiger partial charge in [0.25, 0.3) is 0 Å². The van der Waals surface area contributed by atoms with Crippen molar-refractivity contribution in [1.82, 2.24) is 4.90 Å². The Morgan fingerprint density at radius 3 is 2.83 bits per heavy atom. The Hall–Kier alpha value is -0.0800. The Bertz CT molecular complexity index is 125. The molecule has 0 aromatic rings. The summed E-state index contributed by atoms with van der Waals surface area (Å²) in [5.41, 5.74) is 5.93. The van der Waals surface area contributed by atoms with Gasteiger partial charge in [-0.2, -0.15) is 0 Å². The van der Waals surface area contributed by atoms with Crippen molar-refractivity contribution < 1.29 is 0 Å². The second-order valence-corrected chi connectivity index (χ2v) is 3.87. The highest BCUT2D eigenvalue weighted by molar-refractivity contribution is 4.80. The number of hydrogen-bond donors (Lipinski definition) is 1. The number of nitrogens with zero attached hydrogens (tertiary/aromatic N) is 1. The monoisotopic (exact) mass is 170 g/mol. The first-order valence-corrected chi connectivity index (χ1v) is 5.27. The quantitative estimate of drug-likeness (QED) is 0.694. The molecule has 2 atom stereocenters. The number of hydrogen-bond acceptors (Lipinski definition) is 2. The molecule has 0 aromatic heterocycles. The molecular weight excluding hydrogens is 148 g/mol. The third kappa shape index (κ3) is 2.46. The molecular formula is C10H22N2. The smallest absolute Gasteiger partial charge is 0.0165 e. The van der Waals surface area contributed by atoms with Gasteiger partial charge in [-0.15, -0.1) is 0 Å². The highest BCUT2D eigenvalue weighted by Crippen LogP contribution is 2.19. The van der Waals surface area contributed by atoms with E-state index >= 15 is 0 Å². The average Bonchev–Trinajstić information content (AvgIpc) is 2.51. The van der Waals surface area contributed by atoms with Crippen LogP contribution >= 0.6 is 0 Å². The lowest BCUT2D eigenvalue weighted by Gasteiger charge is -2.25. The van der Waals surface area contributed by atoms with E-state index in [9.17, 15) is 0 Å². The van der Waals surface area contributed by atoms with Gasteiger partial charge in [-0.25, -0.2) is 0 Å². The summed E-state index contributed by atoms with van der Waals surface area (Å²) in [7, 11) is 0. The number of nitrogens with two attached hydrogens (primary N) is 1. The summed E-state index contributed by atoms with van der Waals surface area (Å²) in [4.78, 5) is 2.56. The Morgan fingerprint density at radius 1 is 1.50 bits per heavy atom. The van der Waals surface area contributed by atoms with Gasteiger partial charge in [-0.1, -0.05) is 13.8 Å². The summed E-state index contributed by atoms with van der Waals surface area (Å²) in [6.07, 6.45) is 5.14. The lowest BCUT2D eigenvalue weighted by molar-refractivity contribution is 0.231. The van der Waals surface area contributed by atoms with Crippen LogP contribution in [0.25, 0.3) is 0 Å². The van der Waals surface area contributed by atoms with Gasteiger partial charge in [-0.3, -0.25) is 4.90 Å². The number of likely N-dealkylation sites (tertiary alicyclic amines) is 1. The van der Waals surface area contributed by atoms with E-state index in [0.717, 1.165) is 19.0 Å². The van der Waals surface area contributed by atoms with E-state index in [4.69, 9.17) is 5.73 Å². The Balaban J connectivity index is 2.30. The van der Waals surface area contributed by atoms with Crippen molar-refractivity contribution in [1.29, 1.82) is 0 Å². The third-order valence-electron chi connectivity index (χ3n) is 2.96. The van der Waals surface area contributed by atoms with Crippen molar-refractivity contribution in [2.24, 2.45) is 5.73 Å². The van der Waals surface area contributed by atoms with Crippen molar-refractivity contribution >= 4 is 0 Å². The first-order chi connectivity index (χ1) is 5.77. The molecule has 1 rings (SSSR count). The summed E-state index contributed by atoms with van der Waals surface area (Å²) in [5, 5.41) is 0. The highest BCUT2D eigenvalue weighted by Gasteiger charge is 2.23. The van der Waals surface area contributed by atoms with Gasteiger partial charge in [0.15, 0.2) is 0 Å². The Kier molecular flexibility index (Phi) is 4.02. The van der Waals surface area contributed by atoms with Gasteiger partial charge in [0.05, 0.1) is 0 Å². The van der Waals surface area contributed by atoms with E-state index in [0.29, 0.717) is 6.04 Å². The highest BCUT2D eigenvalue weighted by atomic mass is 15.2. The lowest BCUT2D eigenvalue weighted by Crippen LogP contribution is -2.39. The molecule has 0 aliphatic carbocycles. The summed E-state index contributed by atoms with van der Waals surface area (Å²) in [5.74, 6) is 0. The van der Waals surface area contributed by atoms with Crippen molar-refractivity contribution in [2.75, 3.05) is 13.1 Å². The van der Waals surface area contributed by atoms with Crippen LogP contribution in [-0.4, -0.2) is 30.1 Å². The van der Waals surface area contributed by atoms with Gasteiger partial charge < -0.3 is 5.73 Å². The molecule has 0 bridgehead atoms. The molecule has 1 aliphatic heterocycles. The summed E-state index contributed by atoms with van der Waals surface area (Å²) in [6, 6.07) is 1.21. The number of rotatable bonds is 4. The Morgan fingerprint density at radius 2 is 2.25 bits per heavy atom. The topological polar surface area (TPSA) is 29.3 Å². The molecule has 1 fully saturated rings. The molecule has 0 amide bonds. The van der Waals surface area contributed by atoms with E-state index in [1.165, 1.54) is 25.8 Å². The van der Waals surface area contributed by atoms with Crippen LogP contribution < -0.4 is 5.73 Å². The van der Waals surface area contributed by atoms with Crippen LogP contribution in [0.2, 0.25) is 0 Å². The summed E-state index contributed by atoms with van der Waals surface area (Å²) < 4.78 is 0. The second kappa shape index (κ2) is 4.83. The van der Waals surface area contributed by atoms with Crippen LogP contribution in [0.5, 0.6) is 0 Å². The zero-order chi connectivity index (χ0) is 8.97. The van der Waals surface area contributed by atoms with Crippen LogP contribution in [-0.2, 0) is 0 Å². The third-order valence-corrected chi connectivity index (χ3v) is 2.96. The molecule has 1 heterocycles. The fourth-order valence-electron chi connectivity index (χ4n) is 2.03. The van der Waals surface area contributed by atoms with Gasteiger partial charge in [0.2, 0.25) is 0 Å². The van der Waals surface area contributed by atoms with Crippen LogP contribution in [0.4, 0.5) is 0 Å². The minimum atomic E-state index is 0.386. The van der Waals surface area contributed by atoms with Gasteiger partial charge >= 0.3 is 0 Å². The van der Waals surface area contributed by atoms with Gasteiger partial charge in [0, 0.05) is 18.6 Å². The first kappa shape index (κ1) is 10.0. The lowest BCUT2D eigenvalue weighted by atomic mass is 10.1. The minimum absolute atomic E-state index is 0.386. The standard InChI is InChI=1S/C10H22N2/c1-3-9(11)8-12-7-5-6-10(12)4-2/h9-10H,3-8,11H2,1-2H3. The molecule has 0 radical (unpaired) electrons. The van der Waals surface area contributed by atoms with E-state index in [1.54, 1.807) is 0 Å². The zero-order valence-corrected chi connectivity index (χ0v) is 8.42. The first-order valence-electron chi connectivity index (χ1n) is 5.27. The molecule has 0 saturated carbocycles. The molecule has 0 spiro atoms. The molecule has 2 heteroatoms. The Labute approximate surface area is 76.1 Å². The summed E-state index contributed by atoms with van der Waals surface area (Å²) in [6.45, 7) is 6.82. The molecule has 12 heavy (non-hydrogen) atoms. The predicted molar refractivity (Wildman–Crippen MR) is 53.2 cm³/mol. The fourth-order valence-corrected chi connectivity index (χ4v) is 2.03. The van der Waals surface area contributed by atoms with E-state index < -0.39 is 0 Å². The molecule has 72 valence electrons. The molecule has 1 saturated heterocycles. The van der Waals surface area contributed by atoms with Crippen molar-refractivity contribution in [3.8, 4) is 0 Å². The van der Waals surface area contributed by atoms with Crippen LogP contribution in [0.15, 0.2) is 0 Å². The maximum Gasteiger partial charge on any atom is 0.0165 e. The molecule has 0 aromatic carbocycles. The van der Waals surface area contributed by atoms with Crippen LogP contribution in [0.1, 0.15) is 39.5 Å². The maximum absolute atomic E-state index is 5.93. The SMILES string of the molecule is CCC(N)CN1CCCC1CC. The largest absolute Gasteiger partial charge is 0.327 e. The molecule has 1 aliphatic rings. The van der Waals surface area contributed by atoms with Gasteiger partial charge in [0.1, 0.15) is 0 Å². The van der Waals surface area contributed by atoms with Crippen molar-refractivity contribution in [3.05, 3.63) is 0 Å². The van der Waals surface area contributed by atoms with E-state index in [2.05, 4.69) is 18.7 Å². The minimum Gasteiger partial charge on any atom is -0.327 e. The van der Waals surface area contributed by atoms with Crippen molar-refractivity contribution in [3.63, 3.8) is 0 Å². The predicted octanol–water partition coefficient (Wildman–Crippen LogP) is 1.60. The summed E-state index contributed by atoms with van der Waals surface area (Å²) >= 11 is 0. The molecule has 2 unspecified atom stereocenters. The van der Waals surface area contributed by atoms with Gasteiger partial charge in [-0.05, 0) is 32.2 Å². The second-order valence-electron chi connectivity index (χ2n) is 3.87. The van der Waals surface area contributed by atoms with Crippen LogP contribution in [0, 0.1) is 0 Å². The van der Waals surface area contributed by atoms with Crippen molar-refractivity contribution in [2.45, 2.75) is 51.6 Å². The molecule has 2 N–H and O–H groups in total. The molecule has 2 nitrogen and oxygen atoms in total. The normalized spacial score (nSPS) is 27.8. The fraction of sp³-hybridized carbons (Fsp3) is 1.00. The van der Waals surface area contributed by atoms with E-state index in [-0.39, 0.29) is 0 Å². The van der Waals surface area contributed by atoms with Crippen LogP contribution in [0.3, 0.4) is 0 Å². The average molecular weight is 170 g/mol. The zero-order valence-electron chi connectivity index (χ0n) is 8.42. The van der Waals surface area contributed by atoms with E-state index in [1.807, 2.05) is 0 Å². The maximum atomic E-state index is 5.93.